The SMILES string of the molecule is O=c1c2cc(Br)ccc2n2c(N3CCCC3)nnc2n1CCOc1ccccc1.O=c1c2cc(Br)ccc2n2c(N3CCCC3)nnc2n1CCSc1ccccc1. The molecule has 0 radical (unpaired) electrons. The standard InChI is InChI=1S/C21H20BrN5O2.C21H20BrN5OS/c2*22-15-8-9-18-17(14-15)19(28)26(12-13-29-16-6-2-1-3-7-16)21-24-23-20(27(18)21)25-10-4-5-11-25/h2*1-3,6-9,14H,4-5,10-13H2. The normalized spacial score (nSPS) is 14.2. The maximum absolute atomic E-state index is 13.3. The van der Waals surface area contributed by atoms with Crippen LogP contribution in [0.2, 0.25) is 0 Å². The molecule has 0 spiro atoms. The molecule has 0 bridgehead atoms. The fourth-order valence-electron chi connectivity index (χ4n) is 7.73. The van der Waals surface area contributed by atoms with Gasteiger partial charge in [0.25, 0.3) is 11.1 Å². The Kier molecular flexibility index (Phi) is 11.2. The molecule has 2 saturated heterocycles. The van der Waals surface area contributed by atoms with E-state index in [1.54, 1.807) is 20.9 Å². The molecule has 16 heteroatoms. The molecule has 10 rings (SSSR count). The summed E-state index contributed by atoms with van der Waals surface area (Å²) in [6.45, 7) is 5.18. The van der Waals surface area contributed by atoms with Crippen molar-refractivity contribution in [3.63, 3.8) is 0 Å². The Hall–Kier alpha value is -5.19. The summed E-state index contributed by atoms with van der Waals surface area (Å²) in [7, 11) is 0. The van der Waals surface area contributed by atoms with Crippen LogP contribution in [0.5, 0.6) is 5.75 Å². The van der Waals surface area contributed by atoms with Crippen molar-refractivity contribution in [3.05, 3.63) is 127 Å². The van der Waals surface area contributed by atoms with Gasteiger partial charge in [0.1, 0.15) is 12.4 Å². The third kappa shape index (κ3) is 7.60. The van der Waals surface area contributed by atoms with Crippen LogP contribution in [-0.4, -0.2) is 76.9 Å². The predicted molar refractivity (Wildman–Crippen MR) is 237 cm³/mol. The minimum atomic E-state index is -0.0918. The zero-order valence-electron chi connectivity index (χ0n) is 31.6. The second-order valence-corrected chi connectivity index (χ2v) is 17.2. The summed E-state index contributed by atoms with van der Waals surface area (Å²) in [5.41, 5.74) is 1.56. The monoisotopic (exact) mass is 922 g/mol. The summed E-state index contributed by atoms with van der Waals surface area (Å²) in [4.78, 5) is 32.3. The minimum Gasteiger partial charge on any atom is -0.492 e. The quantitative estimate of drug-likeness (QED) is 0.126. The van der Waals surface area contributed by atoms with Gasteiger partial charge in [0, 0.05) is 52.3 Å². The third-order valence-corrected chi connectivity index (χ3v) is 12.5. The predicted octanol–water partition coefficient (Wildman–Crippen LogP) is 7.69. The molecule has 4 aromatic carbocycles. The number of thioether (sulfide) groups is 1. The molecule has 0 aliphatic carbocycles. The highest BCUT2D eigenvalue weighted by molar-refractivity contribution is 9.10. The van der Waals surface area contributed by atoms with E-state index in [4.69, 9.17) is 4.74 Å². The number of aromatic nitrogens is 8. The van der Waals surface area contributed by atoms with Crippen LogP contribution in [0.1, 0.15) is 25.7 Å². The molecule has 0 saturated carbocycles. The lowest BCUT2D eigenvalue weighted by Gasteiger charge is -2.17. The number of halogens is 2. The highest BCUT2D eigenvalue weighted by Crippen LogP contribution is 2.27. The van der Waals surface area contributed by atoms with E-state index in [0.717, 1.165) is 95.2 Å². The zero-order chi connectivity index (χ0) is 39.6. The number of nitrogens with zero attached hydrogens (tertiary/aromatic N) is 10. The average molecular weight is 925 g/mol. The van der Waals surface area contributed by atoms with Crippen molar-refractivity contribution in [1.29, 1.82) is 0 Å². The Labute approximate surface area is 354 Å². The summed E-state index contributed by atoms with van der Waals surface area (Å²) >= 11 is 8.74. The Morgan fingerprint density at radius 2 is 1.07 bits per heavy atom. The molecule has 0 atom stereocenters. The van der Waals surface area contributed by atoms with Gasteiger partial charge in [-0.2, -0.15) is 0 Å². The minimum absolute atomic E-state index is 0.0252. The molecule has 6 heterocycles. The topological polar surface area (TPSA) is 120 Å². The molecular weight excluding hydrogens is 884 g/mol. The molecule has 13 nitrogen and oxygen atoms in total. The molecule has 0 unspecified atom stereocenters. The molecule has 58 heavy (non-hydrogen) atoms. The van der Waals surface area contributed by atoms with Gasteiger partial charge in [-0.1, -0.05) is 68.3 Å². The number of hydrogen-bond acceptors (Lipinski definition) is 10. The van der Waals surface area contributed by atoms with Crippen LogP contribution >= 0.6 is 43.6 Å². The van der Waals surface area contributed by atoms with E-state index in [9.17, 15) is 9.59 Å². The number of fused-ring (bicyclic) bond motifs is 6. The van der Waals surface area contributed by atoms with Gasteiger partial charge in [-0.25, -0.2) is 8.80 Å². The molecule has 2 aliphatic rings. The van der Waals surface area contributed by atoms with Gasteiger partial charge in [-0.05, 0) is 86.3 Å². The van der Waals surface area contributed by atoms with E-state index < -0.39 is 0 Å². The van der Waals surface area contributed by atoms with Crippen molar-refractivity contribution in [3.8, 4) is 5.75 Å². The van der Waals surface area contributed by atoms with Crippen LogP contribution in [0.15, 0.2) is 120 Å². The molecule has 0 amide bonds. The average Bonchev–Trinajstić information content (AvgIpc) is 4.09. The van der Waals surface area contributed by atoms with Crippen molar-refractivity contribution >= 4 is 88.9 Å². The van der Waals surface area contributed by atoms with Gasteiger partial charge in [0.15, 0.2) is 0 Å². The van der Waals surface area contributed by atoms with E-state index in [2.05, 4.69) is 74.2 Å². The maximum Gasteiger partial charge on any atom is 0.262 e. The molecule has 296 valence electrons. The first-order chi connectivity index (χ1) is 28.4. The Morgan fingerprint density at radius 3 is 1.59 bits per heavy atom. The van der Waals surface area contributed by atoms with Crippen LogP contribution < -0.4 is 25.7 Å². The second-order valence-electron chi connectivity index (χ2n) is 14.2. The van der Waals surface area contributed by atoms with Crippen molar-refractivity contribution in [2.24, 2.45) is 0 Å². The smallest absolute Gasteiger partial charge is 0.262 e. The summed E-state index contributed by atoms with van der Waals surface area (Å²) in [6, 6.07) is 31.4. The lowest BCUT2D eigenvalue weighted by Crippen LogP contribution is -2.27. The highest BCUT2D eigenvalue weighted by atomic mass is 79.9. The zero-order valence-corrected chi connectivity index (χ0v) is 35.6. The number of anilines is 2. The lowest BCUT2D eigenvalue weighted by atomic mass is 10.2. The van der Waals surface area contributed by atoms with Gasteiger partial charge in [0.2, 0.25) is 23.5 Å². The Balaban J connectivity index is 0.000000150. The number of benzene rings is 4. The fraction of sp³-hybridized carbons (Fsp3) is 0.286. The van der Waals surface area contributed by atoms with Gasteiger partial charge in [0.05, 0.1) is 28.4 Å². The van der Waals surface area contributed by atoms with Crippen LogP contribution in [0.4, 0.5) is 11.9 Å². The van der Waals surface area contributed by atoms with E-state index in [1.165, 1.54) is 4.90 Å². The molecule has 0 N–H and O–H groups in total. The van der Waals surface area contributed by atoms with Crippen LogP contribution in [0.3, 0.4) is 0 Å². The van der Waals surface area contributed by atoms with Crippen molar-refractivity contribution < 1.29 is 4.74 Å². The lowest BCUT2D eigenvalue weighted by molar-refractivity contribution is 0.298. The fourth-order valence-corrected chi connectivity index (χ4v) is 9.31. The summed E-state index contributed by atoms with van der Waals surface area (Å²) in [5.74, 6) is 4.34. The van der Waals surface area contributed by atoms with E-state index in [-0.39, 0.29) is 11.1 Å². The van der Waals surface area contributed by atoms with E-state index in [1.807, 2.05) is 93.7 Å². The first kappa shape index (κ1) is 38.3. The largest absolute Gasteiger partial charge is 0.492 e. The Morgan fingerprint density at radius 1 is 0.586 bits per heavy atom. The van der Waals surface area contributed by atoms with Gasteiger partial charge in [-0.3, -0.25) is 18.7 Å². The molecule has 8 aromatic rings. The number of hydrogen-bond donors (Lipinski definition) is 0. The molecular formula is C42H40Br2N10O3S. The highest BCUT2D eigenvalue weighted by Gasteiger charge is 2.24. The molecule has 2 fully saturated rings. The van der Waals surface area contributed by atoms with Gasteiger partial charge < -0.3 is 14.5 Å². The number of ether oxygens (including phenoxy) is 1. The summed E-state index contributed by atoms with van der Waals surface area (Å²) in [5, 5.41) is 19.1. The first-order valence-corrected chi connectivity index (χ1v) is 22.0. The number of para-hydroxylation sites is 1. The maximum atomic E-state index is 13.3. The number of aryl methyl sites for hydroxylation is 1. The van der Waals surface area contributed by atoms with Crippen molar-refractivity contribution in [2.45, 2.75) is 43.7 Å². The van der Waals surface area contributed by atoms with Crippen molar-refractivity contribution in [2.75, 3.05) is 48.3 Å². The van der Waals surface area contributed by atoms with Crippen LogP contribution in [0.25, 0.3) is 33.4 Å². The first-order valence-electron chi connectivity index (χ1n) is 19.4. The second kappa shape index (κ2) is 17.0. The van der Waals surface area contributed by atoms with Crippen LogP contribution in [-0.2, 0) is 13.1 Å². The summed E-state index contributed by atoms with van der Waals surface area (Å²) < 4.78 is 15.0. The summed E-state index contributed by atoms with van der Waals surface area (Å²) in [6.07, 6.45) is 4.60. The number of rotatable bonds is 10. The van der Waals surface area contributed by atoms with Crippen LogP contribution in [0, 0.1) is 0 Å². The Bertz CT molecular complexity index is 2660. The molecule has 4 aromatic heterocycles. The third-order valence-electron chi connectivity index (χ3n) is 10.5. The molecule has 2 aliphatic heterocycles. The van der Waals surface area contributed by atoms with E-state index >= 15 is 0 Å². The van der Waals surface area contributed by atoms with Crippen molar-refractivity contribution in [1.82, 2.24) is 38.3 Å². The van der Waals surface area contributed by atoms with E-state index in [0.29, 0.717) is 42.0 Å². The van der Waals surface area contributed by atoms with Gasteiger partial charge in [-0.15, -0.1) is 32.2 Å². The van der Waals surface area contributed by atoms with Gasteiger partial charge >= 0.3 is 0 Å².